The Hall–Kier alpha value is -2.01. The molecule has 0 radical (unpaired) electrons. The number of amides is 1. The molecule has 0 aliphatic rings. The molecule has 0 aliphatic carbocycles. The summed E-state index contributed by atoms with van der Waals surface area (Å²) in [7, 11) is 0. The van der Waals surface area contributed by atoms with Crippen molar-refractivity contribution in [2.45, 2.75) is 6.04 Å². The van der Waals surface area contributed by atoms with Gasteiger partial charge in [-0.15, -0.1) is 0 Å². The molecule has 0 aromatic heterocycles. The van der Waals surface area contributed by atoms with Gasteiger partial charge in [-0.1, -0.05) is 30.3 Å². The number of benzene rings is 2. The lowest BCUT2D eigenvalue weighted by Gasteiger charge is -2.12. The van der Waals surface area contributed by atoms with E-state index in [0.717, 1.165) is 10.8 Å². The first kappa shape index (κ1) is 13.4. The molecular weight excluding hydrogens is 262 g/mol. The fourth-order valence-electron chi connectivity index (χ4n) is 1.76. The molecule has 0 fully saturated rings. The van der Waals surface area contributed by atoms with E-state index in [4.69, 9.17) is 5.11 Å². The lowest BCUT2D eigenvalue weighted by molar-refractivity contribution is -0.138. The Labute approximate surface area is 115 Å². The molecular formula is C14H13NO3S. The number of carboxylic acids is 1. The Kier molecular flexibility index (Phi) is 4.06. The zero-order chi connectivity index (χ0) is 13.8. The zero-order valence-corrected chi connectivity index (χ0v) is 10.9. The van der Waals surface area contributed by atoms with Crippen molar-refractivity contribution in [1.29, 1.82) is 0 Å². The molecule has 0 heterocycles. The van der Waals surface area contributed by atoms with E-state index in [0.29, 0.717) is 5.56 Å². The van der Waals surface area contributed by atoms with Gasteiger partial charge >= 0.3 is 5.97 Å². The number of carbonyl (C=O) groups excluding carboxylic acids is 1. The monoisotopic (exact) mass is 275 g/mol. The number of carbonyl (C=O) groups is 2. The Balaban J connectivity index is 2.24. The van der Waals surface area contributed by atoms with E-state index in [-0.39, 0.29) is 5.75 Å². The average molecular weight is 275 g/mol. The lowest BCUT2D eigenvalue weighted by atomic mass is 10.1. The number of aliphatic carboxylic acids is 1. The van der Waals surface area contributed by atoms with Crippen molar-refractivity contribution in [3.8, 4) is 0 Å². The molecule has 0 aliphatic heterocycles. The van der Waals surface area contributed by atoms with Crippen LogP contribution in [0.1, 0.15) is 10.4 Å². The van der Waals surface area contributed by atoms with Crippen molar-refractivity contribution in [2.24, 2.45) is 0 Å². The second-order valence-corrected chi connectivity index (χ2v) is 4.47. The molecule has 2 aromatic carbocycles. The van der Waals surface area contributed by atoms with Gasteiger partial charge in [-0.2, -0.15) is 12.6 Å². The Morgan fingerprint density at radius 2 is 1.84 bits per heavy atom. The van der Waals surface area contributed by atoms with Gasteiger partial charge in [0, 0.05) is 11.3 Å². The number of thiol groups is 1. The molecule has 0 bridgehead atoms. The van der Waals surface area contributed by atoms with Crippen molar-refractivity contribution in [3.05, 3.63) is 48.0 Å². The Morgan fingerprint density at radius 3 is 2.47 bits per heavy atom. The number of rotatable bonds is 4. The van der Waals surface area contributed by atoms with E-state index in [1.54, 1.807) is 12.1 Å². The molecule has 2 N–H and O–H groups in total. The van der Waals surface area contributed by atoms with E-state index >= 15 is 0 Å². The summed E-state index contributed by atoms with van der Waals surface area (Å²) in [6, 6.07) is 11.9. The highest BCUT2D eigenvalue weighted by molar-refractivity contribution is 7.80. The van der Waals surface area contributed by atoms with Crippen molar-refractivity contribution in [2.75, 3.05) is 5.75 Å². The molecule has 0 saturated heterocycles. The van der Waals surface area contributed by atoms with Crippen LogP contribution in [0.5, 0.6) is 0 Å². The smallest absolute Gasteiger partial charge is 0.327 e. The molecule has 0 unspecified atom stereocenters. The lowest BCUT2D eigenvalue weighted by Crippen LogP contribution is -2.42. The third kappa shape index (κ3) is 3.06. The van der Waals surface area contributed by atoms with Crippen molar-refractivity contribution in [1.82, 2.24) is 5.32 Å². The summed E-state index contributed by atoms with van der Waals surface area (Å²) in [5.74, 6) is -1.45. The zero-order valence-electron chi connectivity index (χ0n) is 10.0. The largest absolute Gasteiger partial charge is 0.480 e. The van der Waals surface area contributed by atoms with Gasteiger partial charge in [0.1, 0.15) is 6.04 Å². The van der Waals surface area contributed by atoms with E-state index < -0.39 is 17.9 Å². The molecule has 2 aromatic rings. The fourth-order valence-corrected chi connectivity index (χ4v) is 2.01. The predicted octanol–water partition coefficient (Wildman–Crippen LogP) is 1.95. The highest BCUT2D eigenvalue weighted by atomic mass is 32.1. The molecule has 19 heavy (non-hydrogen) atoms. The Morgan fingerprint density at radius 1 is 1.16 bits per heavy atom. The Bertz CT molecular complexity index is 627. The standard InChI is InChI=1S/C14H13NO3S/c16-13(15-12(8-19)14(17)18)11-6-5-9-3-1-2-4-10(9)7-11/h1-7,12,19H,8H2,(H,15,16)(H,17,18)/t12-/m0/s1. The van der Waals surface area contributed by atoms with Gasteiger partial charge in [-0.25, -0.2) is 4.79 Å². The van der Waals surface area contributed by atoms with Gasteiger partial charge in [0.15, 0.2) is 0 Å². The normalized spacial score (nSPS) is 12.1. The minimum Gasteiger partial charge on any atom is -0.480 e. The van der Waals surface area contributed by atoms with Gasteiger partial charge in [-0.05, 0) is 22.9 Å². The maximum absolute atomic E-state index is 12.0. The number of hydrogen-bond donors (Lipinski definition) is 3. The van der Waals surface area contributed by atoms with Crippen LogP contribution in [0.2, 0.25) is 0 Å². The van der Waals surface area contributed by atoms with Gasteiger partial charge in [-0.3, -0.25) is 4.79 Å². The quantitative estimate of drug-likeness (QED) is 0.747. The van der Waals surface area contributed by atoms with E-state index in [1.165, 1.54) is 0 Å². The first-order valence-electron chi connectivity index (χ1n) is 5.75. The molecule has 5 heteroatoms. The van der Waals surface area contributed by atoms with Crippen LogP contribution in [0.3, 0.4) is 0 Å². The highest BCUT2D eigenvalue weighted by Crippen LogP contribution is 2.15. The highest BCUT2D eigenvalue weighted by Gasteiger charge is 2.18. The number of fused-ring (bicyclic) bond motifs is 1. The van der Waals surface area contributed by atoms with Gasteiger partial charge in [0.2, 0.25) is 0 Å². The topological polar surface area (TPSA) is 66.4 Å². The molecule has 0 saturated carbocycles. The summed E-state index contributed by atoms with van der Waals surface area (Å²) in [4.78, 5) is 22.8. The van der Waals surface area contributed by atoms with E-state index in [2.05, 4.69) is 17.9 Å². The van der Waals surface area contributed by atoms with Crippen LogP contribution >= 0.6 is 12.6 Å². The second kappa shape index (κ2) is 5.75. The van der Waals surface area contributed by atoms with Crippen LogP contribution in [0.4, 0.5) is 0 Å². The fraction of sp³-hybridized carbons (Fsp3) is 0.143. The van der Waals surface area contributed by atoms with Crippen LogP contribution in [-0.2, 0) is 4.79 Å². The summed E-state index contributed by atoms with van der Waals surface area (Å²) < 4.78 is 0. The minimum atomic E-state index is -1.09. The van der Waals surface area contributed by atoms with Gasteiger partial charge < -0.3 is 10.4 Å². The summed E-state index contributed by atoms with van der Waals surface area (Å²) in [5.41, 5.74) is 0.437. The average Bonchev–Trinajstić information content (AvgIpc) is 2.43. The molecule has 2 rings (SSSR count). The molecule has 98 valence electrons. The summed E-state index contributed by atoms with van der Waals surface area (Å²) >= 11 is 3.91. The third-order valence-corrected chi connectivity index (χ3v) is 3.16. The number of carboxylic acid groups (broad SMARTS) is 1. The van der Waals surface area contributed by atoms with Gasteiger partial charge in [0.05, 0.1) is 0 Å². The van der Waals surface area contributed by atoms with Crippen LogP contribution in [0.25, 0.3) is 10.8 Å². The third-order valence-electron chi connectivity index (χ3n) is 2.80. The summed E-state index contributed by atoms with van der Waals surface area (Å²) in [6.07, 6.45) is 0. The van der Waals surface area contributed by atoms with Crippen molar-refractivity contribution < 1.29 is 14.7 Å². The minimum absolute atomic E-state index is 0.0503. The molecule has 4 nitrogen and oxygen atoms in total. The van der Waals surface area contributed by atoms with Gasteiger partial charge in [0.25, 0.3) is 5.91 Å². The van der Waals surface area contributed by atoms with E-state index in [9.17, 15) is 9.59 Å². The summed E-state index contributed by atoms with van der Waals surface area (Å²) in [6.45, 7) is 0. The van der Waals surface area contributed by atoms with Crippen LogP contribution in [0, 0.1) is 0 Å². The van der Waals surface area contributed by atoms with Crippen LogP contribution in [-0.4, -0.2) is 28.8 Å². The van der Waals surface area contributed by atoms with Crippen LogP contribution < -0.4 is 5.32 Å². The summed E-state index contributed by atoms with van der Waals surface area (Å²) in [5, 5.41) is 13.3. The maximum Gasteiger partial charge on any atom is 0.327 e. The number of nitrogens with one attached hydrogen (secondary N) is 1. The van der Waals surface area contributed by atoms with Crippen LogP contribution in [0.15, 0.2) is 42.5 Å². The van der Waals surface area contributed by atoms with E-state index in [1.807, 2.05) is 30.3 Å². The predicted molar refractivity (Wildman–Crippen MR) is 76.7 cm³/mol. The number of hydrogen-bond acceptors (Lipinski definition) is 3. The molecule has 0 spiro atoms. The second-order valence-electron chi connectivity index (χ2n) is 4.11. The first-order valence-corrected chi connectivity index (χ1v) is 6.38. The van der Waals surface area contributed by atoms with Crippen molar-refractivity contribution >= 4 is 35.3 Å². The maximum atomic E-state index is 12.0. The first-order chi connectivity index (χ1) is 9.11. The SMILES string of the molecule is O=C(N[C@@H](CS)C(=O)O)c1ccc2ccccc2c1. The molecule has 1 atom stereocenters. The van der Waals surface area contributed by atoms with Crippen molar-refractivity contribution in [3.63, 3.8) is 0 Å². The molecule has 1 amide bonds.